The van der Waals surface area contributed by atoms with E-state index in [1.165, 1.54) is 25.3 Å². The van der Waals surface area contributed by atoms with E-state index in [1.807, 2.05) is 6.92 Å². The second-order valence-electron chi connectivity index (χ2n) is 6.90. The van der Waals surface area contributed by atoms with Crippen LogP contribution in [0.5, 0.6) is 11.5 Å². The van der Waals surface area contributed by atoms with Crippen molar-refractivity contribution in [3.8, 4) is 11.5 Å². The van der Waals surface area contributed by atoms with Crippen LogP contribution in [0.3, 0.4) is 0 Å². The average molecular weight is 432 g/mol. The third-order valence-corrected chi connectivity index (χ3v) is 5.00. The normalized spacial score (nSPS) is 13.5. The molecule has 1 aliphatic rings. The molecular formula is C25H21FN2O4. The summed E-state index contributed by atoms with van der Waals surface area (Å²) in [6.07, 6.45) is 0. The molecule has 0 saturated carbocycles. The van der Waals surface area contributed by atoms with Crippen molar-refractivity contribution < 1.29 is 23.5 Å². The summed E-state index contributed by atoms with van der Waals surface area (Å²) in [5.41, 5.74) is 0.901. The molecule has 0 fully saturated rings. The molecule has 0 radical (unpaired) electrons. The van der Waals surface area contributed by atoms with Gasteiger partial charge in [0.25, 0.3) is 11.8 Å². The Labute approximate surface area is 184 Å². The van der Waals surface area contributed by atoms with Crippen molar-refractivity contribution >= 4 is 28.8 Å². The van der Waals surface area contributed by atoms with E-state index < -0.39 is 17.6 Å². The minimum atomic E-state index is -0.676. The SMILES string of the molecule is CCOc1ccccc1NC1=C(c2ccccc2OC)C(=O)N(c2ccccc2F)C1=O. The van der Waals surface area contributed by atoms with Crippen LogP contribution in [0.2, 0.25) is 0 Å². The van der Waals surface area contributed by atoms with Crippen LogP contribution in [0, 0.1) is 5.82 Å². The predicted molar refractivity (Wildman–Crippen MR) is 120 cm³/mol. The van der Waals surface area contributed by atoms with Gasteiger partial charge in [-0.25, -0.2) is 9.29 Å². The van der Waals surface area contributed by atoms with Crippen molar-refractivity contribution in [2.24, 2.45) is 0 Å². The maximum atomic E-state index is 14.6. The lowest BCUT2D eigenvalue weighted by atomic mass is 10.0. The van der Waals surface area contributed by atoms with Crippen LogP contribution in [0.1, 0.15) is 12.5 Å². The van der Waals surface area contributed by atoms with Gasteiger partial charge in [0.1, 0.15) is 23.0 Å². The summed E-state index contributed by atoms with van der Waals surface area (Å²) in [5, 5.41) is 3.06. The van der Waals surface area contributed by atoms with Gasteiger partial charge in [-0.1, -0.05) is 42.5 Å². The molecule has 6 nitrogen and oxygen atoms in total. The lowest BCUT2D eigenvalue weighted by Gasteiger charge is -2.16. The number of rotatable bonds is 7. The molecule has 162 valence electrons. The first kappa shape index (κ1) is 21.1. The standard InChI is InChI=1S/C25H21FN2O4/c1-3-32-21-15-9-6-12-18(21)27-23-22(16-10-4-8-14-20(16)31-2)24(29)28(25(23)30)19-13-7-5-11-17(19)26/h4-15,27H,3H2,1-2H3. The molecule has 32 heavy (non-hydrogen) atoms. The Bertz CT molecular complexity index is 1220. The molecule has 0 spiro atoms. The number of nitrogens with zero attached hydrogens (tertiary/aromatic N) is 1. The molecule has 3 aromatic carbocycles. The summed E-state index contributed by atoms with van der Waals surface area (Å²) >= 11 is 0. The van der Waals surface area contributed by atoms with Crippen LogP contribution >= 0.6 is 0 Å². The highest BCUT2D eigenvalue weighted by atomic mass is 19.1. The molecule has 0 aliphatic carbocycles. The van der Waals surface area contributed by atoms with Crippen molar-refractivity contribution in [1.29, 1.82) is 0 Å². The fourth-order valence-electron chi connectivity index (χ4n) is 3.58. The molecule has 0 unspecified atom stereocenters. The summed E-state index contributed by atoms with van der Waals surface area (Å²) in [5.74, 6) is -1.07. The van der Waals surface area contributed by atoms with E-state index in [-0.39, 0.29) is 17.0 Å². The molecule has 0 aromatic heterocycles. The number of hydrogen-bond acceptors (Lipinski definition) is 5. The van der Waals surface area contributed by atoms with E-state index in [2.05, 4.69) is 5.32 Å². The van der Waals surface area contributed by atoms with Gasteiger partial charge >= 0.3 is 0 Å². The van der Waals surface area contributed by atoms with Gasteiger partial charge in [0.05, 0.1) is 30.7 Å². The lowest BCUT2D eigenvalue weighted by Crippen LogP contribution is -2.33. The molecule has 0 saturated heterocycles. The van der Waals surface area contributed by atoms with Gasteiger partial charge < -0.3 is 14.8 Å². The molecule has 0 bridgehead atoms. The third-order valence-electron chi connectivity index (χ3n) is 5.00. The predicted octanol–water partition coefficient (Wildman–Crippen LogP) is 4.63. The monoisotopic (exact) mass is 432 g/mol. The topological polar surface area (TPSA) is 67.9 Å². The number of halogens is 1. The summed E-state index contributed by atoms with van der Waals surface area (Å²) in [7, 11) is 1.48. The molecule has 0 atom stereocenters. The largest absolute Gasteiger partial charge is 0.496 e. The third kappa shape index (κ3) is 3.69. The highest BCUT2D eigenvalue weighted by Crippen LogP contribution is 2.39. The Morgan fingerprint density at radius 2 is 1.53 bits per heavy atom. The van der Waals surface area contributed by atoms with Crippen LogP contribution in [0.25, 0.3) is 5.57 Å². The van der Waals surface area contributed by atoms with Crippen LogP contribution in [-0.4, -0.2) is 25.5 Å². The first-order valence-electron chi connectivity index (χ1n) is 10.1. The van der Waals surface area contributed by atoms with Crippen LogP contribution in [-0.2, 0) is 9.59 Å². The van der Waals surface area contributed by atoms with Gasteiger partial charge in [0.15, 0.2) is 0 Å². The zero-order valence-electron chi connectivity index (χ0n) is 17.6. The number of carbonyl (C=O) groups is 2. The summed E-state index contributed by atoms with van der Waals surface area (Å²) < 4.78 is 25.6. The van der Waals surface area contributed by atoms with Crippen LogP contribution < -0.4 is 19.7 Å². The van der Waals surface area contributed by atoms with E-state index in [9.17, 15) is 14.0 Å². The maximum Gasteiger partial charge on any atom is 0.282 e. The van der Waals surface area contributed by atoms with E-state index in [0.29, 0.717) is 29.4 Å². The molecule has 1 heterocycles. The molecule has 7 heteroatoms. The van der Waals surface area contributed by atoms with Gasteiger partial charge in [-0.05, 0) is 37.3 Å². The number of para-hydroxylation sites is 4. The van der Waals surface area contributed by atoms with Gasteiger partial charge in [-0.15, -0.1) is 0 Å². The summed E-state index contributed by atoms with van der Waals surface area (Å²) in [6, 6.07) is 19.6. The molecule has 1 aliphatic heterocycles. The Balaban J connectivity index is 1.89. The number of imide groups is 1. The number of anilines is 2. The first-order valence-corrected chi connectivity index (χ1v) is 10.1. The van der Waals surface area contributed by atoms with Gasteiger partial charge in [0, 0.05) is 5.56 Å². The molecule has 1 N–H and O–H groups in total. The fraction of sp³-hybridized carbons (Fsp3) is 0.120. The Kier molecular flexibility index (Phi) is 5.89. The van der Waals surface area contributed by atoms with Crippen molar-refractivity contribution in [2.75, 3.05) is 23.9 Å². The minimum Gasteiger partial charge on any atom is -0.496 e. The number of carbonyl (C=O) groups excluding carboxylic acids is 2. The molecule has 3 aromatic rings. The van der Waals surface area contributed by atoms with Crippen molar-refractivity contribution in [3.05, 3.63) is 89.9 Å². The zero-order valence-corrected chi connectivity index (χ0v) is 17.6. The summed E-state index contributed by atoms with van der Waals surface area (Å²) in [4.78, 5) is 27.8. The number of nitrogens with one attached hydrogen (secondary N) is 1. The van der Waals surface area contributed by atoms with Crippen molar-refractivity contribution in [3.63, 3.8) is 0 Å². The number of amides is 2. The second kappa shape index (κ2) is 8.93. The fourth-order valence-corrected chi connectivity index (χ4v) is 3.58. The Morgan fingerprint density at radius 3 is 2.25 bits per heavy atom. The second-order valence-corrected chi connectivity index (χ2v) is 6.90. The number of hydrogen-bond donors (Lipinski definition) is 1. The lowest BCUT2D eigenvalue weighted by molar-refractivity contribution is -0.120. The van der Waals surface area contributed by atoms with E-state index >= 15 is 0 Å². The van der Waals surface area contributed by atoms with Gasteiger partial charge in [-0.2, -0.15) is 0 Å². The number of ether oxygens (including phenoxy) is 2. The first-order chi connectivity index (χ1) is 15.6. The Morgan fingerprint density at radius 1 is 0.875 bits per heavy atom. The summed E-state index contributed by atoms with van der Waals surface area (Å²) in [6.45, 7) is 2.27. The smallest absolute Gasteiger partial charge is 0.282 e. The van der Waals surface area contributed by atoms with Crippen LogP contribution in [0.4, 0.5) is 15.8 Å². The van der Waals surface area contributed by atoms with Gasteiger partial charge in [-0.3, -0.25) is 9.59 Å². The Hall–Kier alpha value is -4.13. The molecule has 2 amide bonds. The highest BCUT2D eigenvalue weighted by molar-refractivity contribution is 6.46. The maximum absolute atomic E-state index is 14.6. The molecular weight excluding hydrogens is 411 g/mol. The van der Waals surface area contributed by atoms with E-state index in [0.717, 1.165) is 4.90 Å². The van der Waals surface area contributed by atoms with Crippen LogP contribution in [0.15, 0.2) is 78.5 Å². The van der Waals surface area contributed by atoms with Gasteiger partial charge in [0.2, 0.25) is 0 Å². The van der Waals surface area contributed by atoms with Crippen molar-refractivity contribution in [1.82, 2.24) is 0 Å². The van der Waals surface area contributed by atoms with E-state index in [1.54, 1.807) is 54.6 Å². The molecule has 4 rings (SSSR count). The average Bonchev–Trinajstić information content (AvgIpc) is 3.05. The number of benzene rings is 3. The van der Waals surface area contributed by atoms with E-state index in [4.69, 9.17) is 9.47 Å². The van der Waals surface area contributed by atoms with Crippen molar-refractivity contribution in [2.45, 2.75) is 6.92 Å². The quantitative estimate of drug-likeness (QED) is 0.552. The number of methoxy groups -OCH3 is 1. The zero-order chi connectivity index (χ0) is 22.7. The highest BCUT2D eigenvalue weighted by Gasteiger charge is 2.42. The minimum absolute atomic E-state index is 0.00917.